The first-order valence-electron chi connectivity index (χ1n) is 5.34. The van der Waals surface area contributed by atoms with Crippen molar-refractivity contribution in [2.24, 2.45) is 11.8 Å². The van der Waals surface area contributed by atoms with E-state index in [0.29, 0.717) is 0 Å². The summed E-state index contributed by atoms with van der Waals surface area (Å²) in [5.74, 6) is 1.75. The lowest BCUT2D eigenvalue weighted by Gasteiger charge is -2.21. The topological polar surface area (TPSA) is 29.3 Å². The molecule has 2 nitrogen and oxygen atoms in total. The van der Waals surface area contributed by atoms with Crippen LogP contribution in [0.5, 0.6) is 0 Å². The molecule has 1 aliphatic carbocycles. The van der Waals surface area contributed by atoms with Gasteiger partial charge in [0.2, 0.25) is 0 Å². The fraction of sp³-hybridized carbons (Fsp3) is 0.500. The number of rotatable bonds is 3. The minimum absolute atomic E-state index is 0.847. The molecule has 1 aromatic carbocycles. The fourth-order valence-electron chi connectivity index (χ4n) is 1.98. The molecule has 2 atom stereocenters. The quantitative estimate of drug-likeness (QED) is 0.854. The second kappa shape index (κ2) is 4.05. The Balaban J connectivity index is 2.07. The summed E-state index contributed by atoms with van der Waals surface area (Å²) in [6.07, 6.45) is 1.36. The van der Waals surface area contributed by atoms with Crippen LogP contribution in [0.25, 0.3) is 0 Å². The Morgan fingerprint density at radius 2 is 2.20 bits per heavy atom. The summed E-state index contributed by atoms with van der Waals surface area (Å²) >= 11 is 3.42. The third-order valence-electron chi connectivity index (χ3n) is 3.19. The first kappa shape index (κ1) is 10.8. The molecule has 0 aromatic heterocycles. The van der Waals surface area contributed by atoms with Crippen molar-refractivity contribution in [1.82, 2.24) is 0 Å². The van der Waals surface area contributed by atoms with E-state index < -0.39 is 0 Å². The van der Waals surface area contributed by atoms with Crippen molar-refractivity contribution in [2.45, 2.75) is 13.3 Å². The predicted octanol–water partition coefficient (Wildman–Crippen LogP) is 3.12. The molecular formula is C12H17BrN2. The van der Waals surface area contributed by atoms with E-state index >= 15 is 0 Å². The SMILES string of the molecule is CC1CC1CN(C)c1ccc(Br)cc1N. The van der Waals surface area contributed by atoms with Gasteiger partial charge in [0.1, 0.15) is 0 Å². The number of halogens is 1. The van der Waals surface area contributed by atoms with Gasteiger partial charge < -0.3 is 10.6 Å². The van der Waals surface area contributed by atoms with Gasteiger partial charge in [0.15, 0.2) is 0 Å². The van der Waals surface area contributed by atoms with Crippen LogP contribution >= 0.6 is 15.9 Å². The third-order valence-corrected chi connectivity index (χ3v) is 3.68. The van der Waals surface area contributed by atoms with Crippen LogP contribution < -0.4 is 10.6 Å². The predicted molar refractivity (Wildman–Crippen MR) is 69.1 cm³/mol. The lowest BCUT2D eigenvalue weighted by molar-refractivity contribution is 0.726. The minimum Gasteiger partial charge on any atom is -0.397 e. The Morgan fingerprint density at radius 3 is 2.73 bits per heavy atom. The molecule has 0 bridgehead atoms. The van der Waals surface area contributed by atoms with E-state index in [2.05, 4.69) is 40.9 Å². The normalized spacial score (nSPS) is 23.9. The Hall–Kier alpha value is -0.700. The second-order valence-corrected chi connectivity index (χ2v) is 5.47. The average molecular weight is 269 g/mol. The smallest absolute Gasteiger partial charge is 0.0598 e. The molecule has 1 saturated carbocycles. The van der Waals surface area contributed by atoms with E-state index in [1.165, 1.54) is 6.42 Å². The highest BCUT2D eigenvalue weighted by atomic mass is 79.9. The minimum atomic E-state index is 0.847. The average Bonchev–Trinajstić information content (AvgIpc) is 2.81. The van der Waals surface area contributed by atoms with Crippen LogP contribution in [0.3, 0.4) is 0 Å². The number of nitrogens with zero attached hydrogens (tertiary/aromatic N) is 1. The van der Waals surface area contributed by atoms with Gasteiger partial charge in [0.05, 0.1) is 11.4 Å². The molecule has 0 amide bonds. The van der Waals surface area contributed by atoms with Crippen molar-refractivity contribution in [3.05, 3.63) is 22.7 Å². The summed E-state index contributed by atoms with van der Waals surface area (Å²) in [5, 5.41) is 0. The Morgan fingerprint density at radius 1 is 1.53 bits per heavy atom. The molecule has 82 valence electrons. The molecule has 0 heterocycles. The number of nitrogen functional groups attached to an aromatic ring is 1. The standard InChI is InChI=1S/C12H17BrN2/c1-8-5-9(8)7-15(2)12-4-3-10(13)6-11(12)14/h3-4,6,8-9H,5,7,14H2,1-2H3. The van der Waals surface area contributed by atoms with Crippen molar-refractivity contribution >= 4 is 27.3 Å². The van der Waals surface area contributed by atoms with Crippen LogP contribution in [0.4, 0.5) is 11.4 Å². The number of nitrogens with two attached hydrogens (primary N) is 1. The van der Waals surface area contributed by atoms with Crippen LogP contribution in [0.15, 0.2) is 22.7 Å². The van der Waals surface area contributed by atoms with Gasteiger partial charge in [-0.25, -0.2) is 0 Å². The maximum absolute atomic E-state index is 5.98. The summed E-state index contributed by atoms with van der Waals surface area (Å²) in [6, 6.07) is 6.08. The highest BCUT2D eigenvalue weighted by Crippen LogP contribution is 2.39. The number of hydrogen-bond acceptors (Lipinski definition) is 2. The van der Waals surface area contributed by atoms with Gasteiger partial charge in [-0.15, -0.1) is 0 Å². The van der Waals surface area contributed by atoms with Crippen LogP contribution in [0.2, 0.25) is 0 Å². The molecule has 0 aliphatic heterocycles. The molecule has 1 aliphatic rings. The largest absolute Gasteiger partial charge is 0.397 e. The number of benzene rings is 1. The summed E-state index contributed by atoms with van der Waals surface area (Å²) in [4.78, 5) is 2.26. The Labute approximate surface area is 99.6 Å². The summed E-state index contributed by atoms with van der Waals surface area (Å²) in [6.45, 7) is 3.43. The van der Waals surface area contributed by atoms with Crippen LogP contribution in [0, 0.1) is 11.8 Å². The Bertz CT molecular complexity index is 365. The fourth-order valence-corrected chi connectivity index (χ4v) is 2.36. The zero-order valence-corrected chi connectivity index (χ0v) is 10.8. The molecule has 1 fully saturated rings. The highest BCUT2D eigenvalue weighted by molar-refractivity contribution is 9.10. The van der Waals surface area contributed by atoms with Gasteiger partial charge >= 0.3 is 0 Å². The number of hydrogen-bond donors (Lipinski definition) is 1. The second-order valence-electron chi connectivity index (χ2n) is 4.56. The van der Waals surface area contributed by atoms with Crippen molar-refractivity contribution in [3.8, 4) is 0 Å². The first-order chi connectivity index (χ1) is 7.08. The van der Waals surface area contributed by atoms with Gasteiger partial charge in [-0.1, -0.05) is 22.9 Å². The van der Waals surface area contributed by atoms with Gasteiger partial charge in [-0.3, -0.25) is 0 Å². The zero-order chi connectivity index (χ0) is 11.0. The molecule has 0 radical (unpaired) electrons. The van der Waals surface area contributed by atoms with E-state index in [9.17, 15) is 0 Å². The molecule has 15 heavy (non-hydrogen) atoms. The van der Waals surface area contributed by atoms with Crippen molar-refractivity contribution in [2.75, 3.05) is 24.2 Å². The van der Waals surface area contributed by atoms with Crippen LogP contribution in [-0.2, 0) is 0 Å². The van der Waals surface area contributed by atoms with E-state index in [4.69, 9.17) is 5.73 Å². The molecule has 1 aromatic rings. The highest BCUT2D eigenvalue weighted by Gasteiger charge is 2.33. The lowest BCUT2D eigenvalue weighted by Crippen LogP contribution is -2.21. The van der Waals surface area contributed by atoms with E-state index in [-0.39, 0.29) is 0 Å². The van der Waals surface area contributed by atoms with E-state index in [1.54, 1.807) is 0 Å². The van der Waals surface area contributed by atoms with Crippen molar-refractivity contribution in [3.63, 3.8) is 0 Å². The molecule has 2 unspecified atom stereocenters. The van der Waals surface area contributed by atoms with Gasteiger partial charge in [0, 0.05) is 18.1 Å². The molecule has 2 N–H and O–H groups in total. The monoisotopic (exact) mass is 268 g/mol. The third kappa shape index (κ3) is 2.46. The van der Waals surface area contributed by atoms with E-state index in [1.807, 2.05) is 12.1 Å². The molecular weight excluding hydrogens is 252 g/mol. The van der Waals surface area contributed by atoms with Crippen LogP contribution in [-0.4, -0.2) is 13.6 Å². The zero-order valence-electron chi connectivity index (χ0n) is 9.20. The van der Waals surface area contributed by atoms with Gasteiger partial charge in [0.25, 0.3) is 0 Å². The maximum Gasteiger partial charge on any atom is 0.0598 e. The molecule has 0 spiro atoms. The van der Waals surface area contributed by atoms with Gasteiger partial charge in [-0.2, -0.15) is 0 Å². The maximum atomic E-state index is 5.98. The summed E-state index contributed by atoms with van der Waals surface area (Å²) < 4.78 is 1.04. The molecule has 2 rings (SSSR count). The Kier molecular flexibility index (Phi) is 2.91. The van der Waals surface area contributed by atoms with E-state index in [0.717, 1.165) is 34.2 Å². The first-order valence-corrected chi connectivity index (χ1v) is 6.13. The summed E-state index contributed by atoms with van der Waals surface area (Å²) in [5.41, 5.74) is 7.97. The van der Waals surface area contributed by atoms with Crippen molar-refractivity contribution < 1.29 is 0 Å². The number of anilines is 2. The molecule has 0 saturated heterocycles. The van der Waals surface area contributed by atoms with Crippen molar-refractivity contribution in [1.29, 1.82) is 0 Å². The van der Waals surface area contributed by atoms with Gasteiger partial charge in [-0.05, 0) is 36.5 Å². The molecule has 3 heteroatoms. The lowest BCUT2D eigenvalue weighted by atomic mass is 10.2. The summed E-state index contributed by atoms with van der Waals surface area (Å²) in [7, 11) is 2.12. The van der Waals surface area contributed by atoms with Crippen LogP contribution in [0.1, 0.15) is 13.3 Å².